The van der Waals surface area contributed by atoms with Crippen LogP contribution in [0.2, 0.25) is 0 Å². The number of fused-ring (bicyclic) bond motifs is 1. The van der Waals surface area contributed by atoms with Crippen molar-refractivity contribution in [3.8, 4) is 34.3 Å². The molecular formula is C21H16N8O7. The van der Waals surface area contributed by atoms with Crippen LogP contribution < -0.4 is 35.2 Å². The second-order valence-corrected chi connectivity index (χ2v) is 7.21. The molecule has 0 radical (unpaired) electrons. The van der Waals surface area contributed by atoms with Gasteiger partial charge in [0, 0.05) is 5.56 Å². The zero-order valence-electron chi connectivity index (χ0n) is 18.2. The minimum Gasteiger partial charge on any atom is -0.546 e. The van der Waals surface area contributed by atoms with Crippen molar-refractivity contribution in [2.45, 2.75) is 0 Å². The predicted octanol–water partition coefficient (Wildman–Crippen LogP) is -1.06. The SMILES string of the molecule is Nc1nonc1-[n+]1[nH]nc(C(=O)N/N=C/c2ccc(OCC(=O)[O-])cc2)c1-c1ccc2c(c1)OCO2. The topological polar surface area (TPSA) is 207 Å². The average molecular weight is 492 g/mol. The van der Waals surface area contributed by atoms with Gasteiger partial charge in [-0.3, -0.25) is 4.79 Å². The summed E-state index contributed by atoms with van der Waals surface area (Å²) in [7, 11) is 0. The Morgan fingerprint density at radius 2 is 2.00 bits per heavy atom. The number of hydrazone groups is 1. The summed E-state index contributed by atoms with van der Waals surface area (Å²) < 4.78 is 21.8. The molecule has 0 fully saturated rings. The molecule has 0 bridgehead atoms. The molecule has 2 aromatic carbocycles. The quantitative estimate of drug-likeness (QED) is 0.153. The van der Waals surface area contributed by atoms with Crippen LogP contribution in [0.3, 0.4) is 0 Å². The number of carboxylic acid groups (broad SMARTS) is 1. The van der Waals surface area contributed by atoms with E-state index in [0.29, 0.717) is 28.4 Å². The number of carbonyl (C=O) groups excluding carboxylic acids is 2. The molecule has 2 aromatic heterocycles. The molecule has 15 heteroatoms. The van der Waals surface area contributed by atoms with E-state index in [2.05, 4.69) is 35.8 Å². The number of nitrogens with two attached hydrogens (primary N) is 1. The average Bonchev–Trinajstić information content (AvgIpc) is 3.62. The van der Waals surface area contributed by atoms with Crippen molar-refractivity contribution in [3.63, 3.8) is 0 Å². The van der Waals surface area contributed by atoms with Crippen LogP contribution in [0.1, 0.15) is 16.1 Å². The molecule has 4 aromatic rings. The summed E-state index contributed by atoms with van der Waals surface area (Å²) in [6.45, 7) is -0.481. The third-order valence-corrected chi connectivity index (χ3v) is 4.89. The first kappa shape index (κ1) is 22.3. The molecule has 1 aliphatic heterocycles. The van der Waals surface area contributed by atoms with Crippen LogP contribution in [0.5, 0.6) is 17.2 Å². The normalized spacial score (nSPS) is 12.1. The second kappa shape index (κ2) is 9.41. The van der Waals surface area contributed by atoms with Crippen LogP contribution in [0.4, 0.5) is 5.82 Å². The predicted molar refractivity (Wildman–Crippen MR) is 116 cm³/mol. The largest absolute Gasteiger partial charge is 0.546 e. The Balaban J connectivity index is 1.39. The zero-order chi connectivity index (χ0) is 25.1. The number of nitrogen functional groups attached to an aromatic ring is 1. The van der Waals surface area contributed by atoms with Crippen LogP contribution >= 0.6 is 0 Å². The van der Waals surface area contributed by atoms with Crippen LogP contribution in [0, 0.1) is 0 Å². The van der Waals surface area contributed by atoms with Gasteiger partial charge in [-0.1, -0.05) is 0 Å². The van der Waals surface area contributed by atoms with Gasteiger partial charge in [-0.25, -0.2) is 5.43 Å². The van der Waals surface area contributed by atoms with Gasteiger partial charge in [0.1, 0.15) is 17.5 Å². The highest BCUT2D eigenvalue weighted by Gasteiger charge is 2.32. The Morgan fingerprint density at radius 1 is 1.19 bits per heavy atom. The molecule has 1 aliphatic rings. The van der Waals surface area contributed by atoms with E-state index >= 15 is 0 Å². The minimum atomic E-state index is -1.33. The fraction of sp³-hybridized carbons (Fsp3) is 0.0952. The van der Waals surface area contributed by atoms with Crippen LogP contribution in [-0.4, -0.2) is 52.1 Å². The molecule has 15 nitrogen and oxygen atoms in total. The van der Waals surface area contributed by atoms with Crippen LogP contribution in [0.15, 0.2) is 52.2 Å². The fourth-order valence-electron chi connectivity index (χ4n) is 3.29. The molecule has 0 aliphatic carbocycles. The van der Waals surface area contributed by atoms with Crippen molar-refractivity contribution < 1.29 is 38.2 Å². The number of hydrogen-bond donors (Lipinski definition) is 3. The number of anilines is 1. The van der Waals surface area contributed by atoms with E-state index in [1.54, 1.807) is 42.5 Å². The van der Waals surface area contributed by atoms with Crippen LogP contribution in [-0.2, 0) is 4.79 Å². The number of aliphatic carboxylic acids is 1. The van der Waals surface area contributed by atoms with Gasteiger partial charge in [-0.15, -0.1) is 9.90 Å². The van der Waals surface area contributed by atoms with Gasteiger partial charge in [0.2, 0.25) is 6.79 Å². The van der Waals surface area contributed by atoms with E-state index in [4.69, 9.17) is 19.9 Å². The van der Waals surface area contributed by atoms with Crippen molar-refractivity contribution in [1.82, 2.24) is 26.1 Å². The first-order valence-corrected chi connectivity index (χ1v) is 10.2. The smallest absolute Gasteiger partial charge is 0.377 e. The Hall–Kier alpha value is -5.47. The van der Waals surface area contributed by atoms with E-state index in [9.17, 15) is 14.7 Å². The van der Waals surface area contributed by atoms with Gasteiger partial charge in [-0.2, -0.15) is 9.73 Å². The fourth-order valence-corrected chi connectivity index (χ4v) is 3.29. The Kier molecular flexibility index (Phi) is 5.84. The lowest BCUT2D eigenvalue weighted by Gasteiger charge is -2.06. The lowest BCUT2D eigenvalue weighted by atomic mass is 10.1. The number of hydrogen-bond acceptors (Lipinski definition) is 12. The summed E-state index contributed by atoms with van der Waals surface area (Å²) in [5.74, 6) is -0.507. The number of aromatic nitrogens is 5. The van der Waals surface area contributed by atoms with Gasteiger partial charge >= 0.3 is 11.7 Å². The third-order valence-electron chi connectivity index (χ3n) is 4.89. The van der Waals surface area contributed by atoms with Crippen molar-refractivity contribution in [2.24, 2.45) is 5.10 Å². The van der Waals surface area contributed by atoms with E-state index in [0.717, 1.165) is 0 Å². The van der Waals surface area contributed by atoms with E-state index in [1.165, 1.54) is 10.9 Å². The molecule has 0 unspecified atom stereocenters. The maximum absolute atomic E-state index is 13.0. The summed E-state index contributed by atoms with van der Waals surface area (Å²) in [6, 6.07) is 11.4. The van der Waals surface area contributed by atoms with Gasteiger partial charge in [0.05, 0.1) is 12.2 Å². The molecule has 0 atom stereocenters. The molecule has 0 saturated carbocycles. The summed E-state index contributed by atoms with van der Waals surface area (Å²) in [4.78, 5) is 23.5. The van der Waals surface area contributed by atoms with E-state index in [-0.39, 0.29) is 29.8 Å². The van der Waals surface area contributed by atoms with Crippen molar-refractivity contribution in [1.29, 1.82) is 0 Å². The summed E-state index contributed by atoms with van der Waals surface area (Å²) in [5, 5.41) is 28.5. The molecule has 0 saturated heterocycles. The Labute approximate surface area is 201 Å². The van der Waals surface area contributed by atoms with Gasteiger partial charge in [0.15, 0.2) is 17.2 Å². The maximum atomic E-state index is 13.0. The number of nitrogens with zero attached hydrogens (tertiary/aromatic N) is 5. The minimum absolute atomic E-state index is 0.0253. The first-order valence-electron chi connectivity index (χ1n) is 10.2. The Morgan fingerprint density at radius 3 is 2.75 bits per heavy atom. The number of amides is 1. The number of carbonyl (C=O) groups is 2. The highest BCUT2D eigenvalue weighted by molar-refractivity contribution is 5.98. The third kappa shape index (κ3) is 4.47. The molecule has 5 rings (SSSR count). The molecule has 0 spiro atoms. The Bertz CT molecular complexity index is 1460. The lowest BCUT2D eigenvalue weighted by Crippen LogP contribution is -2.37. The number of H-pyrrole nitrogens is 1. The molecule has 1 amide bonds. The highest BCUT2D eigenvalue weighted by atomic mass is 16.7. The number of carboxylic acids is 1. The number of rotatable bonds is 8. The van der Waals surface area contributed by atoms with Gasteiger partial charge < -0.3 is 29.8 Å². The first-order chi connectivity index (χ1) is 17.5. The van der Waals surface area contributed by atoms with Gasteiger partial charge in [0.25, 0.3) is 11.5 Å². The van der Waals surface area contributed by atoms with Gasteiger partial charge in [-0.05, 0) is 58.3 Å². The molecule has 36 heavy (non-hydrogen) atoms. The molecule has 3 heterocycles. The zero-order valence-corrected chi connectivity index (χ0v) is 18.2. The van der Waals surface area contributed by atoms with Crippen molar-refractivity contribution in [3.05, 3.63) is 53.7 Å². The molecular weight excluding hydrogens is 476 g/mol. The number of aromatic amines is 1. The molecule has 182 valence electrons. The van der Waals surface area contributed by atoms with Crippen LogP contribution in [0.25, 0.3) is 17.1 Å². The monoisotopic (exact) mass is 492 g/mol. The maximum Gasteiger partial charge on any atom is 0.377 e. The van der Waals surface area contributed by atoms with Crippen molar-refractivity contribution >= 4 is 23.9 Å². The number of ether oxygens (including phenoxy) is 3. The van der Waals surface area contributed by atoms with E-state index in [1.807, 2.05) is 0 Å². The summed E-state index contributed by atoms with van der Waals surface area (Å²) >= 11 is 0. The van der Waals surface area contributed by atoms with Crippen molar-refractivity contribution in [2.75, 3.05) is 19.1 Å². The second-order valence-electron chi connectivity index (χ2n) is 7.21. The lowest BCUT2D eigenvalue weighted by molar-refractivity contribution is -0.652. The number of nitrogens with one attached hydrogen (secondary N) is 2. The highest BCUT2D eigenvalue weighted by Crippen LogP contribution is 2.36. The summed E-state index contributed by atoms with van der Waals surface area (Å²) in [5.41, 5.74) is 9.66. The molecule has 4 N–H and O–H groups in total. The van der Waals surface area contributed by atoms with E-state index < -0.39 is 18.5 Å². The summed E-state index contributed by atoms with van der Waals surface area (Å²) in [6.07, 6.45) is 1.39. The standard InChI is InChI=1S/C21H16N8O7/c22-19-20(27-36-26-19)29-18(12-3-6-14-15(7-12)35-10-34-14)17(24-28-29)21(32)25-23-8-11-1-4-13(5-2-11)33-9-16(30)31/h1-8H,9-10H2,(H4,22,25,26,30,31,32)/b23-8+. The number of benzene rings is 2.